The Morgan fingerprint density at radius 3 is 2.67 bits per heavy atom. The normalized spacial score (nSPS) is 28.2. The van der Waals surface area contributed by atoms with Gasteiger partial charge in [0.15, 0.2) is 0 Å². The van der Waals surface area contributed by atoms with E-state index in [1.165, 1.54) is 11.5 Å². The van der Waals surface area contributed by atoms with Gasteiger partial charge in [-0.05, 0) is 13.8 Å². The highest BCUT2D eigenvalue weighted by Crippen LogP contribution is 2.20. The number of ether oxygens (including phenoxy) is 1. The van der Waals surface area contributed by atoms with Crippen molar-refractivity contribution in [2.75, 3.05) is 13.1 Å². The maximum atomic E-state index is 5.97. The molecule has 1 aromatic heterocycles. The lowest BCUT2D eigenvalue weighted by Crippen LogP contribution is -2.44. The summed E-state index contributed by atoms with van der Waals surface area (Å²) in [7, 11) is 0. The van der Waals surface area contributed by atoms with Crippen LogP contribution in [-0.4, -0.2) is 39.8 Å². The lowest BCUT2D eigenvalue weighted by molar-refractivity contribution is -0.0707. The van der Waals surface area contributed by atoms with Gasteiger partial charge in [0.1, 0.15) is 10.0 Å². The van der Waals surface area contributed by atoms with Gasteiger partial charge in [-0.1, -0.05) is 16.1 Å². The molecule has 2 atom stereocenters. The van der Waals surface area contributed by atoms with Crippen LogP contribution in [0.5, 0.6) is 0 Å². The molecule has 0 aliphatic carbocycles. The van der Waals surface area contributed by atoms with Crippen molar-refractivity contribution in [2.45, 2.75) is 32.6 Å². The molecule has 2 rings (SSSR count). The van der Waals surface area contributed by atoms with Gasteiger partial charge in [-0.25, -0.2) is 0 Å². The van der Waals surface area contributed by atoms with Gasteiger partial charge in [0.05, 0.1) is 12.2 Å². The Labute approximate surface area is 98.3 Å². The topological polar surface area (TPSA) is 38.2 Å². The van der Waals surface area contributed by atoms with Crippen molar-refractivity contribution in [3.05, 3.63) is 10.0 Å². The van der Waals surface area contributed by atoms with Crippen LogP contribution in [0.3, 0.4) is 0 Å². The molecule has 6 heteroatoms. The summed E-state index contributed by atoms with van der Waals surface area (Å²) in [6.45, 7) is 6.80. The Morgan fingerprint density at radius 2 is 2.13 bits per heavy atom. The molecule has 0 unspecified atom stereocenters. The molecule has 0 saturated carbocycles. The summed E-state index contributed by atoms with van der Waals surface area (Å²) in [4.78, 5) is 2.31. The molecular formula is C9H14ClN3OS. The van der Waals surface area contributed by atoms with E-state index in [1.807, 2.05) is 0 Å². The quantitative estimate of drug-likeness (QED) is 0.799. The summed E-state index contributed by atoms with van der Waals surface area (Å²) in [6.07, 6.45) is 0.554. The van der Waals surface area contributed by atoms with E-state index < -0.39 is 0 Å². The number of rotatable bonds is 2. The smallest absolute Gasteiger partial charge is 0.138 e. The third-order valence-corrected chi connectivity index (χ3v) is 3.36. The van der Waals surface area contributed by atoms with Gasteiger partial charge in [-0.15, -0.1) is 5.10 Å². The Hall–Kier alpha value is -0.230. The fraction of sp³-hybridized carbons (Fsp3) is 0.778. The minimum absolute atomic E-state index is 0.277. The average molecular weight is 248 g/mol. The molecule has 1 aliphatic heterocycles. The third kappa shape index (κ3) is 2.87. The first-order chi connectivity index (χ1) is 7.15. The van der Waals surface area contributed by atoms with E-state index in [0.717, 1.165) is 25.3 Å². The fourth-order valence-electron chi connectivity index (χ4n) is 1.92. The maximum Gasteiger partial charge on any atom is 0.138 e. The first kappa shape index (κ1) is 11.3. The van der Waals surface area contributed by atoms with Crippen LogP contribution in [0.4, 0.5) is 0 Å². The highest BCUT2D eigenvalue weighted by molar-refractivity contribution is 7.10. The fourth-order valence-corrected chi connectivity index (χ4v) is 2.53. The summed E-state index contributed by atoms with van der Waals surface area (Å²) >= 11 is 7.21. The van der Waals surface area contributed by atoms with Crippen LogP contribution in [0.1, 0.15) is 19.5 Å². The van der Waals surface area contributed by atoms with E-state index in [1.54, 1.807) is 0 Å². The van der Waals surface area contributed by atoms with Crippen LogP contribution in [-0.2, 0) is 11.3 Å². The summed E-state index contributed by atoms with van der Waals surface area (Å²) in [5.41, 5.74) is 0.878. The van der Waals surface area contributed by atoms with Gasteiger partial charge in [0.2, 0.25) is 0 Å². The second kappa shape index (κ2) is 4.74. The van der Waals surface area contributed by atoms with Crippen molar-refractivity contribution >= 4 is 23.1 Å². The van der Waals surface area contributed by atoms with Gasteiger partial charge in [-0.3, -0.25) is 4.90 Å². The van der Waals surface area contributed by atoms with Gasteiger partial charge in [-0.2, -0.15) is 0 Å². The van der Waals surface area contributed by atoms with E-state index in [0.29, 0.717) is 4.34 Å². The molecule has 0 spiro atoms. The molecule has 2 heterocycles. The second-order valence-electron chi connectivity index (χ2n) is 3.94. The molecule has 0 radical (unpaired) electrons. The molecule has 4 nitrogen and oxygen atoms in total. The Morgan fingerprint density at radius 1 is 1.47 bits per heavy atom. The lowest BCUT2D eigenvalue weighted by atomic mass is 10.2. The minimum atomic E-state index is 0.277. The standard InChI is InChI=1S/C9H14ClN3OS/c1-6-3-13(4-7(2)14-6)5-8-9(10)15-12-11-8/h6-7H,3-5H2,1-2H3/t6-,7-/m1/s1. The van der Waals surface area contributed by atoms with E-state index in [9.17, 15) is 0 Å². The molecule has 1 aliphatic rings. The van der Waals surface area contributed by atoms with Crippen molar-refractivity contribution in [3.63, 3.8) is 0 Å². The maximum absolute atomic E-state index is 5.97. The number of hydrogen-bond acceptors (Lipinski definition) is 5. The summed E-state index contributed by atoms with van der Waals surface area (Å²) in [6, 6.07) is 0. The molecular weight excluding hydrogens is 234 g/mol. The highest BCUT2D eigenvalue weighted by Gasteiger charge is 2.23. The van der Waals surface area contributed by atoms with Gasteiger partial charge >= 0.3 is 0 Å². The summed E-state index contributed by atoms with van der Waals surface area (Å²) in [5.74, 6) is 0. The molecule has 1 aromatic rings. The van der Waals surface area contributed by atoms with Crippen molar-refractivity contribution in [3.8, 4) is 0 Å². The molecule has 0 amide bonds. The van der Waals surface area contributed by atoms with Crippen LogP contribution >= 0.6 is 23.1 Å². The summed E-state index contributed by atoms with van der Waals surface area (Å²) in [5, 5.41) is 4.01. The largest absolute Gasteiger partial charge is 0.373 e. The highest BCUT2D eigenvalue weighted by atomic mass is 35.5. The first-order valence-electron chi connectivity index (χ1n) is 4.99. The Balaban J connectivity index is 1.97. The first-order valence-corrected chi connectivity index (χ1v) is 6.15. The van der Waals surface area contributed by atoms with Crippen LogP contribution < -0.4 is 0 Å². The van der Waals surface area contributed by atoms with Crippen LogP contribution in [0, 0.1) is 0 Å². The zero-order valence-corrected chi connectivity index (χ0v) is 10.4. The zero-order valence-electron chi connectivity index (χ0n) is 8.81. The predicted octanol–water partition coefficient (Wildman–Crippen LogP) is 1.80. The zero-order chi connectivity index (χ0) is 10.8. The molecule has 84 valence electrons. The van der Waals surface area contributed by atoms with E-state index in [2.05, 4.69) is 28.3 Å². The van der Waals surface area contributed by atoms with Gasteiger partial charge < -0.3 is 4.74 Å². The third-order valence-electron chi connectivity index (χ3n) is 2.38. The van der Waals surface area contributed by atoms with Crippen molar-refractivity contribution < 1.29 is 4.74 Å². The molecule has 1 fully saturated rings. The number of halogens is 1. The predicted molar refractivity (Wildman–Crippen MR) is 60.2 cm³/mol. The van der Waals surface area contributed by atoms with Crippen LogP contribution in [0.25, 0.3) is 0 Å². The van der Waals surface area contributed by atoms with Crippen molar-refractivity contribution in [1.82, 2.24) is 14.5 Å². The molecule has 0 N–H and O–H groups in total. The molecule has 0 bridgehead atoms. The Kier molecular flexibility index (Phi) is 3.56. The summed E-state index contributed by atoms with van der Waals surface area (Å²) < 4.78 is 10.2. The molecule has 0 aromatic carbocycles. The minimum Gasteiger partial charge on any atom is -0.373 e. The van der Waals surface area contributed by atoms with Crippen molar-refractivity contribution in [2.24, 2.45) is 0 Å². The number of morpholine rings is 1. The van der Waals surface area contributed by atoms with E-state index >= 15 is 0 Å². The average Bonchev–Trinajstić information content (AvgIpc) is 2.50. The van der Waals surface area contributed by atoms with Crippen LogP contribution in [0.15, 0.2) is 0 Å². The number of nitrogens with zero attached hydrogens (tertiary/aromatic N) is 3. The van der Waals surface area contributed by atoms with Crippen LogP contribution in [0.2, 0.25) is 4.34 Å². The lowest BCUT2D eigenvalue weighted by Gasteiger charge is -2.34. The molecule has 1 saturated heterocycles. The monoisotopic (exact) mass is 247 g/mol. The van der Waals surface area contributed by atoms with E-state index in [4.69, 9.17) is 16.3 Å². The SMILES string of the molecule is C[C@@H]1CN(Cc2nnsc2Cl)C[C@@H](C)O1. The van der Waals surface area contributed by atoms with Gasteiger partial charge in [0, 0.05) is 31.2 Å². The molecule has 15 heavy (non-hydrogen) atoms. The van der Waals surface area contributed by atoms with E-state index in [-0.39, 0.29) is 12.2 Å². The second-order valence-corrected chi connectivity index (χ2v) is 5.30. The Bertz CT molecular complexity index is 323. The number of aromatic nitrogens is 2. The van der Waals surface area contributed by atoms with Crippen molar-refractivity contribution in [1.29, 1.82) is 0 Å². The van der Waals surface area contributed by atoms with Gasteiger partial charge in [0.25, 0.3) is 0 Å². The number of hydrogen-bond donors (Lipinski definition) is 0.